The van der Waals surface area contributed by atoms with Crippen LogP contribution in [0, 0.1) is 13.8 Å². The van der Waals surface area contributed by atoms with Gasteiger partial charge in [0.1, 0.15) is 5.76 Å². The van der Waals surface area contributed by atoms with Crippen molar-refractivity contribution in [3.05, 3.63) is 29.8 Å². The molecule has 114 valence electrons. The molecule has 2 aromatic rings. The van der Waals surface area contributed by atoms with Crippen LogP contribution in [-0.4, -0.2) is 32.9 Å². The van der Waals surface area contributed by atoms with Gasteiger partial charge in [0.05, 0.1) is 18.8 Å². The summed E-state index contributed by atoms with van der Waals surface area (Å²) in [6.45, 7) is 8.30. The quantitative estimate of drug-likeness (QED) is 0.842. The standard InChI is InChI=1S/C14H21N5O2/c1-9-6-15-19(7-9)8-10(2)16-12(4)14(20)17-13-5-11(3)21-18-13/h5-7,10,12,16H,8H2,1-4H3,(H,17,18,20)/t10-,12+/m0/s1. The zero-order valence-electron chi connectivity index (χ0n) is 12.8. The summed E-state index contributed by atoms with van der Waals surface area (Å²) < 4.78 is 6.77. The number of nitrogens with one attached hydrogen (secondary N) is 2. The SMILES string of the molecule is Cc1cnn(C[C@H](C)N[C@H](C)C(=O)Nc2cc(C)on2)c1. The number of carbonyl (C=O) groups excluding carboxylic acids is 1. The number of aryl methyl sites for hydroxylation is 2. The van der Waals surface area contributed by atoms with Gasteiger partial charge in [0, 0.05) is 18.3 Å². The Balaban J connectivity index is 1.82. The van der Waals surface area contributed by atoms with Gasteiger partial charge in [0.15, 0.2) is 5.82 Å². The molecular weight excluding hydrogens is 270 g/mol. The van der Waals surface area contributed by atoms with E-state index in [1.165, 1.54) is 0 Å². The van der Waals surface area contributed by atoms with Crippen LogP contribution in [0.15, 0.2) is 23.0 Å². The molecule has 0 radical (unpaired) electrons. The van der Waals surface area contributed by atoms with Crippen molar-refractivity contribution in [1.82, 2.24) is 20.3 Å². The normalized spacial score (nSPS) is 13.9. The Labute approximate surface area is 123 Å². The molecule has 0 aliphatic carbocycles. The fourth-order valence-electron chi connectivity index (χ4n) is 2.06. The molecule has 0 saturated carbocycles. The van der Waals surface area contributed by atoms with E-state index in [1.54, 1.807) is 13.0 Å². The van der Waals surface area contributed by atoms with E-state index >= 15 is 0 Å². The molecule has 1 amide bonds. The minimum atomic E-state index is -0.339. The lowest BCUT2D eigenvalue weighted by Crippen LogP contribution is -2.44. The molecule has 0 spiro atoms. The first-order valence-electron chi connectivity index (χ1n) is 6.93. The fraction of sp³-hybridized carbons (Fsp3) is 0.500. The summed E-state index contributed by atoms with van der Waals surface area (Å²) in [5.74, 6) is 0.946. The maximum Gasteiger partial charge on any atom is 0.242 e. The molecule has 2 N–H and O–H groups in total. The molecule has 7 heteroatoms. The van der Waals surface area contributed by atoms with Gasteiger partial charge >= 0.3 is 0 Å². The van der Waals surface area contributed by atoms with Gasteiger partial charge in [0.2, 0.25) is 5.91 Å². The third kappa shape index (κ3) is 4.42. The van der Waals surface area contributed by atoms with E-state index in [9.17, 15) is 4.79 Å². The number of hydrogen-bond donors (Lipinski definition) is 2. The lowest BCUT2D eigenvalue weighted by Gasteiger charge is -2.19. The molecule has 0 unspecified atom stereocenters. The van der Waals surface area contributed by atoms with Crippen molar-refractivity contribution >= 4 is 11.7 Å². The molecule has 0 aliphatic heterocycles. The van der Waals surface area contributed by atoms with Gasteiger partial charge in [-0.15, -0.1) is 0 Å². The Morgan fingerprint density at radius 1 is 1.43 bits per heavy atom. The predicted molar refractivity (Wildman–Crippen MR) is 78.9 cm³/mol. The third-order valence-electron chi connectivity index (χ3n) is 3.03. The molecule has 0 aliphatic rings. The van der Waals surface area contributed by atoms with Crippen molar-refractivity contribution < 1.29 is 9.32 Å². The van der Waals surface area contributed by atoms with Gasteiger partial charge in [-0.2, -0.15) is 5.10 Å². The van der Waals surface area contributed by atoms with E-state index in [0.717, 1.165) is 5.56 Å². The summed E-state index contributed by atoms with van der Waals surface area (Å²) in [6, 6.07) is 1.46. The molecule has 0 fully saturated rings. The minimum absolute atomic E-state index is 0.115. The highest BCUT2D eigenvalue weighted by Crippen LogP contribution is 2.07. The van der Waals surface area contributed by atoms with Crippen molar-refractivity contribution in [2.24, 2.45) is 0 Å². The number of aromatic nitrogens is 3. The van der Waals surface area contributed by atoms with Crippen LogP contribution in [0.5, 0.6) is 0 Å². The fourth-order valence-corrected chi connectivity index (χ4v) is 2.06. The molecular formula is C14H21N5O2. The van der Waals surface area contributed by atoms with Gasteiger partial charge < -0.3 is 15.2 Å². The van der Waals surface area contributed by atoms with E-state index < -0.39 is 0 Å². The van der Waals surface area contributed by atoms with Crippen LogP contribution in [0.25, 0.3) is 0 Å². The monoisotopic (exact) mass is 291 g/mol. The van der Waals surface area contributed by atoms with Crippen molar-refractivity contribution in [1.29, 1.82) is 0 Å². The summed E-state index contributed by atoms with van der Waals surface area (Å²) in [5.41, 5.74) is 1.12. The summed E-state index contributed by atoms with van der Waals surface area (Å²) in [7, 11) is 0. The van der Waals surface area contributed by atoms with Crippen LogP contribution in [0.1, 0.15) is 25.2 Å². The smallest absolute Gasteiger partial charge is 0.242 e. The van der Waals surface area contributed by atoms with Gasteiger partial charge in [-0.3, -0.25) is 9.48 Å². The second kappa shape index (κ2) is 6.53. The van der Waals surface area contributed by atoms with E-state index in [4.69, 9.17) is 4.52 Å². The molecule has 0 bridgehead atoms. The average molecular weight is 291 g/mol. The van der Waals surface area contributed by atoms with Crippen LogP contribution in [-0.2, 0) is 11.3 Å². The number of carbonyl (C=O) groups is 1. The van der Waals surface area contributed by atoms with Crippen LogP contribution in [0.2, 0.25) is 0 Å². The highest BCUT2D eigenvalue weighted by molar-refractivity contribution is 5.93. The van der Waals surface area contributed by atoms with E-state index in [1.807, 2.05) is 37.8 Å². The van der Waals surface area contributed by atoms with Gasteiger partial charge in [-0.05, 0) is 33.3 Å². The number of hydrogen-bond acceptors (Lipinski definition) is 5. The third-order valence-corrected chi connectivity index (χ3v) is 3.03. The maximum atomic E-state index is 12.0. The summed E-state index contributed by atoms with van der Waals surface area (Å²) in [6.07, 6.45) is 3.79. The Kier molecular flexibility index (Phi) is 4.74. The zero-order chi connectivity index (χ0) is 15.4. The van der Waals surface area contributed by atoms with Crippen molar-refractivity contribution in [2.45, 2.75) is 46.3 Å². The highest BCUT2D eigenvalue weighted by atomic mass is 16.5. The minimum Gasteiger partial charge on any atom is -0.360 e. The number of amides is 1. The second-order valence-electron chi connectivity index (χ2n) is 5.34. The Morgan fingerprint density at radius 2 is 2.19 bits per heavy atom. The zero-order valence-corrected chi connectivity index (χ0v) is 12.8. The van der Waals surface area contributed by atoms with E-state index in [-0.39, 0.29) is 18.0 Å². The van der Waals surface area contributed by atoms with E-state index in [0.29, 0.717) is 18.1 Å². The first-order chi connectivity index (χ1) is 9.94. The van der Waals surface area contributed by atoms with Crippen molar-refractivity contribution in [2.75, 3.05) is 5.32 Å². The number of rotatable bonds is 6. The lowest BCUT2D eigenvalue weighted by molar-refractivity contribution is -0.118. The Morgan fingerprint density at radius 3 is 2.76 bits per heavy atom. The molecule has 2 atom stereocenters. The molecule has 0 saturated heterocycles. The van der Waals surface area contributed by atoms with Gasteiger partial charge in [0.25, 0.3) is 0 Å². The van der Waals surface area contributed by atoms with Gasteiger partial charge in [-0.1, -0.05) is 5.16 Å². The summed E-state index contributed by atoms with van der Waals surface area (Å²) in [5, 5.41) is 13.9. The molecule has 21 heavy (non-hydrogen) atoms. The van der Waals surface area contributed by atoms with Gasteiger partial charge in [-0.25, -0.2) is 0 Å². The molecule has 7 nitrogen and oxygen atoms in total. The molecule has 2 heterocycles. The van der Waals surface area contributed by atoms with Crippen LogP contribution >= 0.6 is 0 Å². The second-order valence-corrected chi connectivity index (χ2v) is 5.34. The molecule has 2 aromatic heterocycles. The Bertz CT molecular complexity index is 604. The number of nitrogens with zero attached hydrogens (tertiary/aromatic N) is 3. The maximum absolute atomic E-state index is 12.0. The number of anilines is 1. The molecule has 2 rings (SSSR count). The average Bonchev–Trinajstić information content (AvgIpc) is 2.98. The van der Waals surface area contributed by atoms with Crippen LogP contribution in [0.3, 0.4) is 0 Å². The van der Waals surface area contributed by atoms with Crippen LogP contribution < -0.4 is 10.6 Å². The first kappa shape index (κ1) is 15.2. The van der Waals surface area contributed by atoms with Crippen molar-refractivity contribution in [3.63, 3.8) is 0 Å². The van der Waals surface area contributed by atoms with E-state index in [2.05, 4.69) is 20.9 Å². The Hall–Kier alpha value is -2.15. The highest BCUT2D eigenvalue weighted by Gasteiger charge is 2.17. The summed E-state index contributed by atoms with van der Waals surface area (Å²) in [4.78, 5) is 12.0. The lowest BCUT2D eigenvalue weighted by atomic mass is 10.2. The largest absolute Gasteiger partial charge is 0.360 e. The predicted octanol–water partition coefficient (Wildman–Crippen LogP) is 1.49. The topological polar surface area (TPSA) is 85.0 Å². The van der Waals surface area contributed by atoms with Crippen molar-refractivity contribution in [3.8, 4) is 0 Å². The molecule has 0 aromatic carbocycles. The first-order valence-corrected chi connectivity index (χ1v) is 6.93. The van der Waals surface area contributed by atoms with Crippen LogP contribution in [0.4, 0.5) is 5.82 Å². The summed E-state index contributed by atoms with van der Waals surface area (Å²) >= 11 is 0.